The van der Waals surface area contributed by atoms with Crippen molar-refractivity contribution in [3.05, 3.63) is 52.0 Å². The normalized spacial score (nSPS) is 13.1. The minimum Gasteiger partial charge on any atom is -0.486 e. The molecule has 5 heteroatoms. The lowest BCUT2D eigenvalue weighted by atomic mass is 10.1. The lowest BCUT2D eigenvalue weighted by Gasteiger charge is -2.21. The quantitative estimate of drug-likeness (QED) is 0.913. The van der Waals surface area contributed by atoms with Crippen molar-refractivity contribution in [3.8, 4) is 11.5 Å². The number of rotatable bonds is 3. The van der Waals surface area contributed by atoms with Gasteiger partial charge >= 0.3 is 0 Å². The molecule has 1 N–H and O–H groups in total. The van der Waals surface area contributed by atoms with Gasteiger partial charge in [-0.1, -0.05) is 35.3 Å². The molecule has 0 aliphatic carbocycles. The van der Waals surface area contributed by atoms with Gasteiger partial charge in [-0.2, -0.15) is 0 Å². The molecule has 0 saturated carbocycles. The highest BCUT2D eigenvalue weighted by Crippen LogP contribution is 2.34. The SMILES string of the molecule is Clc1ccc(NCc2cccc3c2OCCO3)cc1Cl. The van der Waals surface area contributed by atoms with Crippen LogP contribution in [-0.2, 0) is 6.54 Å². The molecular formula is C15H13Cl2NO2. The van der Waals surface area contributed by atoms with Gasteiger partial charge in [-0.25, -0.2) is 0 Å². The van der Waals surface area contributed by atoms with E-state index in [0.717, 1.165) is 22.7 Å². The summed E-state index contributed by atoms with van der Waals surface area (Å²) in [6.45, 7) is 1.80. The van der Waals surface area contributed by atoms with E-state index in [2.05, 4.69) is 5.32 Å². The van der Waals surface area contributed by atoms with E-state index in [1.807, 2.05) is 24.3 Å². The Kier molecular flexibility index (Phi) is 3.90. The standard InChI is InChI=1S/C15H13Cl2NO2/c16-12-5-4-11(8-13(12)17)18-9-10-2-1-3-14-15(10)20-7-6-19-14/h1-5,8,18H,6-7,9H2. The van der Waals surface area contributed by atoms with E-state index in [-0.39, 0.29) is 0 Å². The van der Waals surface area contributed by atoms with Crippen molar-refractivity contribution in [2.75, 3.05) is 18.5 Å². The van der Waals surface area contributed by atoms with Gasteiger partial charge in [-0.3, -0.25) is 0 Å². The van der Waals surface area contributed by atoms with Gasteiger partial charge in [-0.15, -0.1) is 0 Å². The van der Waals surface area contributed by atoms with Gasteiger partial charge in [-0.05, 0) is 24.3 Å². The Balaban J connectivity index is 1.76. The summed E-state index contributed by atoms with van der Waals surface area (Å²) in [6, 6.07) is 11.3. The maximum Gasteiger partial charge on any atom is 0.166 e. The highest BCUT2D eigenvalue weighted by Gasteiger charge is 2.15. The molecule has 104 valence electrons. The van der Waals surface area contributed by atoms with Crippen LogP contribution in [0.3, 0.4) is 0 Å². The first-order chi connectivity index (χ1) is 9.74. The number of benzene rings is 2. The summed E-state index contributed by atoms with van der Waals surface area (Å²) in [7, 11) is 0. The molecule has 3 nitrogen and oxygen atoms in total. The van der Waals surface area contributed by atoms with E-state index >= 15 is 0 Å². The van der Waals surface area contributed by atoms with Crippen LogP contribution in [0.15, 0.2) is 36.4 Å². The molecule has 1 aliphatic heterocycles. The van der Waals surface area contributed by atoms with Crippen molar-refractivity contribution in [1.82, 2.24) is 0 Å². The molecule has 0 spiro atoms. The number of ether oxygens (including phenoxy) is 2. The molecule has 0 unspecified atom stereocenters. The summed E-state index contributed by atoms with van der Waals surface area (Å²) < 4.78 is 11.2. The average Bonchev–Trinajstić information content (AvgIpc) is 2.48. The Morgan fingerprint density at radius 3 is 2.70 bits per heavy atom. The Hall–Kier alpha value is -1.58. The highest BCUT2D eigenvalue weighted by molar-refractivity contribution is 6.42. The fourth-order valence-electron chi connectivity index (χ4n) is 2.08. The molecule has 0 aromatic heterocycles. The molecule has 3 rings (SSSR count). The Bertz CT molecular complexity index is 631. The van der Waals surface area contributed by atoms with Crippen LogP contribution in [0.25, 0.3) is 0 Å². The third-order valence-corrected chi connectivity index (χ3v) is 3.79. The van der Waals surface area contributed by atoms with Gasteiger partial charge in [0.2, 0.25) is 0 Å². The van der Waals surface area contributed by atoms with E-state index in [1.54, 1.807) is 12.1 Å². The molecule has 0 fully saturated rings. The smallest absolute Gasteiger partial charge is 0.166 e. The minimum atomic E-state index is 0.534. The van der Waals surface area contributed by atoms with Gasteiger partial charge in [0.05, 0.1) is 10.0 Å². The number of halogens is 2. The van der Waals surface area contributed by atoms with Crippen LogP contribution >= 0.6 is 23.2 Å². The van der Waals surface area contributed by atoms with Crippen LogP contribution in [0.5, 0.6) is 11.5 Å². The topological polar surface area (TPSA) is 30.5 Å². The van der Waals surface area contributed by atoms with Crippen LogP contribution in [0.4, 0.5) is 5.69 Å². The first-order valence-corrected chi connectivity index (χ1v) is 7.06. The largest absolute Gasteiger partial charge is 0.486 e. The van der Waals surface area contributed by atoms with Crippen LogP contribution in [-0.4, -0.2) is 13.2 Å². The number of hydrogen-bond acceptors (Lipinski definition) is 3. The van der Waals surface area contributed by atoms with Gasteiger partial charge < -0.3 is 14.8 Å². The van der Waals surface area contributed by atoms with E-state index in [1.165, 1.54) is 0 Å². The van der Waals surface area contributed by atoms with E-state index < -0.39 is 0 Å². The maximum atomic E-state index is 5.99. The van der Waals surface area contributed by atoms with E-state index in [0.29, 0.717) is 29.8 Å². The van der Waals surface area contributed by atoms with Crippen molar-refractivity contribution in [2.24, 2.45) is 0 Å². The summed E-state index contributed by atoms with van der Waals surface area (Å²) in [5.41, 5.74) is 1.96. The molecule has 1 aliphatic rings. The first kappa shape index (κ1) is 13.4. The highest BCUT2D eigenvalue weighted by atomic mass is 35.5. The third-order valence-electron chi connectivity index (χ3n) is 3.05. The van der Waals surface area contributed by atoms with Crippen LogP contribution < -0.4 is 14.8 Å². The van der Waals surface area contributed by atoms with Crippen LogP contribution in [0.2, 0.25) is 10.0 Å². The summed E-state index contributed by atoms with van der Waals surface area (Å²) in [4.78, 5) is 0. The lowest BCUT2D eigenvalue weighted by molar-refractivity contribution is 0.170. The average molecular weight is 310 g/mol. The second kappa shape index (κ2) is 5.81. The third kappa shape index (κ3) is 2.79. The zero-order chi connectivity index (χ0) is 13.9. The molecule has 0 radical (unpaired) electrons. The van der Waals surface area contributed by atoms with Crippen LogP contribution in [0.1, 0.15) is 5.56 Å². The van der Waals surface area contributed by atoms with Crippen molar-refractivity contribution >= 4 is 28.9 Å². The zero-order valence-electron chi connectivity index (χ0n) is 10.7. The van der Waals surface area contributed by atoms with E-state index in [4.69, 9.17) is 32.7 Å². The van der Waals surface area contributed by atoms with Gasteiger partial charge in [0.25, 0.3) is 0 Å². The summed E-state index contributed by atoms with van der Waals surface area (Å²) in [6.07, 6.45) is 0. The first-order valence-electron chi connectivity index (χ1n) is 6.30. The van der Waals surface area contributed by atoms with Crippen molar-refractivity contribution in [3.63, 3.8) is 0 Å². The number of nitrogens with one attached hydrogen (secondary N) is 1. The number of fused-ring (bicyclic) bond motifs is 1. The predicted molar refractivity (Wildman–Crippen MR) is 81.2 cm³/mol. The summed E-state index contributed by atoms with van der Waals surface area (Å²) in [5.74, 6) is 1.61. The molecule has 0 amide bonds. The molecule has 1 heterocycles. The Morgan fingerprint density at radius 1 is 1.00 bits per heavy atom. The maximum absolute atomic E-state index is 5.99. The Labute approximate surface area is 127 Å². The molecule has 2 aromatic rings. The van der Waals surface area contributed by atoms with Gasteiger partial charge in [0, 0.05) is 17.8 Å². The van der Waals surface area contributed by atoms with Gasteiger partial charge in [0.1, 0.15) is 13.2 Å². The predicted octanol–water partition coefficient (Wildman–Crippen LogP) is 4.38. The zero-order valence-corrected chi connectivity index (χ0v) is 12.2. The van der Waals surface area contributed by atoms with Crippen molar-refractivity contribution in [2.45, 2.75) is 6.54 Å². The molecule has 2 aromatic carbocycles. The number of para-hydroxylation sites is 1. The molecule has 0 bridgehead atoms. The van der Waals surface area contributed by atoms with Gasteiger partial charge in [0.15, 0.2) is 11.5 Å². The minimum absolute atomic E-state index is 0.534. The number of anilines is 1. The lowest BCUT2D eigenvalue weighted by Crippen LogP contribution is -2.17. The molecular weight excluding hydrogens is 297 g/mol. The van der Waals surface area contributed by atoms with E-state index in [9.17, 15) is 0 Å². The second-order valence-electron chi connectivity index (χ2n) is 4.42. The fourth-order valence-corrected chi connectivity index (χ4v) is 2.37. The summed E-state index contributed by atoms with van der Waals surface area (Å²) in [5, 5.41) is 4.38. The monoisotopic (exact) mass is 309 g/mol. The van der Waals surface area contributed by atoms with Crippen LogP contribution in [0, 0.1) is 0 Å². The summed E-state index contributed by atoms with van der Waals surface area (Å²) >= 11 is 11.9. The second-order valence-corrected chi connectivity index (χ2v) is 5.24. The number of hydrogen-bond donors (Lipinski definition) is 1. The fraction of sp³-hybridized carbons (Fsp3) is 0.200. The van der Waals surface area contributed by atoms with Crippen molar-refractivity contribution in [1.29, 1.82) is 0 Å². The Morgan fingerprint density at radius 2 is 1.85 bits per heavy atom. The molecule has 0 saturated heterocycles. The van der Waals surface area contributed by atoms with Crippen molar-refractivity contribution < 1.29 is 9.47 Å². The molecule has 20 heavy (non-hydrogen) atoms. The molecule has 0 atom stereocenters.